The minimum absolute atomic E-state index is 0.00714. The zero-order chi connectivity index (χ0) is 19.4. The van der Waals surface area contributed by atoms with Crippen molar-refractivity contribution in [3.8, 4) is 0 Å². The number of carbonyl (C=O) groups excluding carboxylic acids is 3. The molecule has 0 atom stereocenters. The van der Waals surface area contributed by atoms with Crippen LogP contribution in [0.1, 0.15) is 49.9 Å². The van der Waals surface area contributed by atoms with Crippen LogP contribution in [0.2, 0.25) is 5.02 Å². The Morgan fingerprint density at radius 2 is 1.85 bits per heavy atom. The summed E-state index contributed by atoms with van der Waals surface area (Å²) in [6.07, 6.45) is 1.48. The first kappa shape index (κ1) is 19.9. The molecule has 26 heavy (non-hydrogen) atoms. The van der Waals surface area contributed by atoms with E-state index in [0.717, 1.165) is 11.3 Å². The van der Waals surface area contributed by atoms with E-state index in [0.29, 0.717) is 5.56 Å². The smallest absolute Gasteiger partial charge is 0.348 e. The second-order valence-electron chi connectivity index (χ2n) is 5.15. The molecule has 1 amide bonds. The molecule has 2 rings (SSSR count). The minimum atomic E-state index is -0.640. The second kappa shape index (κ2) is 8.33. The van der Waals surface area contributed by atoms with Gasteiger partial charge in [0.05, 0.1) is 23.8 Å². The molecule has 2 aromatic rings. The average molecular weight is 400 g/mol. The number of anilines is 1. The molecule has 10 heteroatoms. The molecule has 0 bridgehead atoms. The van der Waals surface area contributed by atoms with E-state index in [1.165, 1.54) is 10.9 Å². The highest BCUT2D eigenvalue weighted by Crippen LogP contribution is 2.34. The lowest BCUT2D eigenvalue weighted by Crippen LogP contribution is -2.16. The lowest BCUT2D eigenvalue weighted by Gasteiger charge is -2.06. The first-order valence-corrected chi connectivity index (χ1v) is 8.97. The van der Waals surface area contributed by atoms with Crippen LogP contribution < -0.4 is 5.32 Å². The highest BCUT2D eigenvalue weighted by molar-refractivity contribution is 7.18. The second-order valence-corrected chi connectivity index (χ2v) is 6.58. The monoisotopic (exact) mass is 399 g/mol. The number of rotatable bonds is 6. The molecule has 2 heterocycles. The number of carbonyl (C=O) groups is 3. The third-order valence-electron chi connectivity index (χ3n) is 3.31. The highest BCUT2D eigenvalue weighted by Gasteiger charge is 2.28. The van der Waals surface area contributed by atoms with Gasteiger partial charge in [-0.2, -0.15) is 5.10 Å². The van der Waals surface area contributed by atoms with E-state index in [2.05, 4.69) is 10.4 Å². The number of hydrogen-bond acceptors (Lipinski definition) is 7. The van der Waals surface area contributed by atoms with Gasteiger partial charge in [-0.1, -0.05) is 11.6 Å². The number of hydrogen-bond donors (Lipinski definition) is 1. The van der Waals surface area contributed by atoms with E-state index >= 15 is 0 Å². The van der Waals surface area contributed by atoms with Gasteiger partial charge >= 0.3 is 11.9 Å². The lowest BCUT2D eigenvalue weighted by molar-refractivity contribution is 0.0527. The van der Waals surface area contributed by atoms with Gasteiger partial charge in [-0.3, -0.25) is 9.48 Å². The number of thiophene rings is 1. The Kier molecular flexibility index (Phi) is 6.38. The summed E-state index contributed by atoms with van der Waals surface area (Å²) >= 11 is 6.92. The Labute approximate surface area is 159 Å². The number of esters is 2. The molecule has 2 aromatic heterocycles. The van der Waals surface area contributed by atoms with Gasteiger partial charge in [-0.25, -0.2) is 9.59 Å². The molecule has 8 nitrogen and oxygen atoms in total. The first-order valence-electron chi connectivity index (χ1n) is 7.78. The summed E-state index contributed by atoms with van der Waals surface area (Å²) in [7, 11) is 1.63. The summed E-state index contributed by atoms with van der Waals surface area (Å²) in [5.41, 5.74) is 0.502. The third kappa shape index (κ3) is 4.05. The van der Waals surface area contributed by atoms with E-state index < -0.39 is 17.8 Å². The molecular weight excluding hydrogens is 382 g/mol. The number of nitrogens with zero attached hydrogens (tertiary/aromatic N) is 2. The summed E-state index contributed by atoms with van der Waals surface area (Å²) < 4.78 is 11.4. The van der Waals surface area contributed by atoms with Crippen molar-refractivity contribution in [3.63, 3.8) is 0 Å². The van der Waals surface area contributed by atoms with Gasteiger partial charge in [0.2, 0.25) is 0 Å². The Bertz CT molecular complexity index is 858. The predicted octanol–water partition coefficient (Wildman–Crippen LogP) is 3.05. The maximum Gasteiger partial charge on any atom is 0.348 e. The number of nitrogens with one attached hydrogen (secondary N) is 1. The van der Waals surface area contributed by atoms with Gasteiger partial charge < -0.3 is 14.8 Å². The number of aromatic nitrogens is 2. The van der Waals surface area contributed by atoms with Gasteiger partial charge in [-0.05, 0) is 26.3 Å². The van der Waals surface area contributed by atoms with Gasteiger partial charge in [0, 0.05) is 13.2 Å². The van der Waals surface area contributed by atoms with Crippen LogP contribution in [-0.4, -0.2) is 40.8 Å². The van der Waals surface area contributed by atoms with E-state index in [-0.39, 0.29) is 39.4 Å². The topological polar surface area (TPSA) is 99.5 Å². The minimum Gasteiger partial charge on any atom is -0.462 e. The Morgan fingerprint density at radius 3 is 2.38 bits per heavy atom. The molecule has 0 aromatic carbocycles. The summed E-state index contributed by atoms with van der Waals surface area (Å²) in [6, 6.07) is 0. The molecule has 0 radical (unpaired) electrons. The molecule has 0 spiro atoms. The van der Waals surface area contributed by atoms with Crippen LogP contribution in [0, 0.1) is 6.92 Å². The maximum atomic E-state index is 12.5. The van der Waals surface area contributed by atoms with Gasteiger partial charge in [0.1, 0.15) is 9.88 Å². The van der Waals surface area contributed by atoms with Crippen LogP contribution in [0.5, 0.6) is 0 Å². The Balaban J connectivity index is 2.43. The quantitative estimate of drug-likeness (QED) is 0.749. The van der Waals surface area contributed by atoms with Crippen molar-refractivity contribution >= 4 is 45.8 Å². The zero-order valence-corrected chi connectivity index (χ0v) is 16.3. The van der Waals surface area contributed by atoms with Crippen LogP contribution >= 0.6 is 22.9 Å². The molecule has 0 aliphatic rings. The van der Waals surface area contributed by atoms with E-state index in [1.807, 2.05) is 0 Å². The Hall–Kier alpha value is -2.39. The normalized spacial score (nSPS) is 10.5. The van der Waals surface area contributed by atoms with Crippen LogP contribution in [-0.2, 0) is 16.5 Å². The van der Waals surface area contributed by atoms with Crippen molar-refractivity contribution in [1.82, 2.24) is 9.78 Å². The Morgan fingerprint density at radius 1 is 1.23 bits per heavy atom. The molecular formula is C16H18ClN3O5S. The van der Waals surface area contributed by atoms with E-state index in [9.17, 15) is 14.4 Å². The van der Waals surface area contributed by atoms with E-state index in [1.54, 1.807) is 27.8 Å². The van der Waals surface area contributed by atoms with Crippen LogP contribution in [0.15, 0.2) is 6.20 Å². The van der Waals surface area contributed by atoms with E-state index in [4.69, 9.17) is 21.1 Å². The first-order chi connectivity index (χ1) is 12.3. The predicted molar refractivity (Wildman–Crippen MR) is 97.1 cm³/mol. The maximum absolute atomic E-state index is 12.5. The number of halogens is 1. The summed E-state index contributed by atoms with van der Waals surface area (Å²) in [5.74, 6) is -1.81. The van der Waals surface area contributed by atoms with Crippen molar-refractivity contribution in [2.45, 2.75) is 20.8 Å². The van der Waals surface area contributed by atoms with Crippen molar-refractivity contribution in [1.29, 1.82) is 0 Å². The molecule has 1 N–H and O–H groups in total. The summed E-state index contributed by atoms with van der Waals surface area (Å²) in [6.45, 7) is 5.29. The van der Waals surface area contributed by atoms with Gasteiger partial charge in [-0.15, -0.1) is 11.3 Å². The fourth-order valence-electron chi connectivity index (χ4n) is 2.22. The number of amides is 1. The molecule has 0 saturated heterocycles. The molecule has 140 valence electrons. The zero-order valence-electron chi connectivity index (χ0n) is 14.7. The van der Waals surface area contributed by atoms with Gasteiger partial charge in [0.15, 0.2) is 5.69 Å². The lowest BCUT2D eigenvalue weighted by atomic mass is 10.1. The fourth-order valence-corrected chi connectivity index (χ4v) is 3.57. The molecule has 0 aliphatic carbocycles. The van der Waals surface area contributed by atoms with Crippen molar-refractivity contribution < 1.29 is 23.9 Å². The molecule has 0 saturated carbocycles. The summed E-state index contributed by atoms with van der Waals surface area (Å²) in [4.78, 5) is 37.1. The van der Waals surface area contributed by atoms with Gasteiger partial charge in [0.25, 0.3) is 5.91 Å². The molecule has 0 fully saturated rings. The van der Waals surface area contributed by atoms with Crippen LogP contribution in [0.25, 0.3) is 0 Å². The van der Waals surface area contributed by atoms with Crippen molar-refractivity contribution in [2.24, 2.45) is 7.05 Å². The largest absolute Gasteiger partial charge is 0.462 e. The highest BCUT2D eigenvalue weighted by atomic mass is 35.5. The fraction of sp³-hybridized carbons (Fsp3) is 0.375. The average Bonchev–Trinajstić information content (AvgIpc) is 3.07. The third-order valence-corrected chi connectivity index (χ3v) is 4.78. The number of aryl methyl sites for hydroxylation is 1. The number of ether oxygens (including phenoxy) is 2. The molecule has 0 unspecified atom stereocenters. The van der Waals surface area contributed by atoms with Crippen LogP contribution in [0.4, 0.5) is 5.00 Å². The SMILES string of the molecule is CCOC(=O)c1sc(NC(=O)c2nn(C)cc2Cl)c(C(=O)OCC)c1C. The van der Waals surface area contributed by atoms with Crippen molar-refractivity contribution in [2.75, 3.05) is 18.5 Å². The standard InChI is InChI=1S/C16H18ClN3O5S/c1-5-24-15(22)10-8(3)12(16(23)25-6-2)26-14(10)18-13(21)11-9(17)7-20(4)19-11/h7H,5-6H2,1-4H3,(H,18,21). The van der Waals surface area contributed by atoms with Crippen molar-refractivity contribution in [3.05, 3.63) is 32.9 Å². The summed E-state index contributed by atoms with van der Waals surface area (Å²) in [5, 5.41) is 6.91. The van der Waals surface area contributed by atoms with Crippen LogP contribution in [0.3, 0.4) is 0 Å². The molecule has 0 aliphatic heterocycles.